The van der Waals surface area contributed by atoms with Crippen LogP contribution in [0.2, 0.25) is 0 Å². The van der Waals surface area contributed by atoms with Gasteiger partial charge in [-0.05, 0) is 53.9 Å². The van der Waals surface area contributed by atoms with Gasteiger partial charge in [-0.2, -0.15) is 0 Å². The molecule has 0 amide bonds. The number of halogens is 1. The lowest BCUT2D eigenvalue weighted by Crippen LogP contribution is -2.29. The quantitative estimate of drug-likeness (QED) is 0.828. The Balaban J connectivity index is 1.90. The average Bonchev–Trinajstić information content (AvgIpc) is 2.73. The van der Waals surface area contributed by atoms with E-state index in [0.29, 0.717) is 6.04 Å². The van der Waals surface area contributed by atoms with Gasteiger partial charge in [-0.1, -0.05) is 0 Å². The fraction of sp³-hybridized carbons (Fsp3) is 0.545. The van der Waals surface area contributed by atoms with Gasteiger partial charge in [0.2, 0.25) is 0 Å². The fourth-order valence-electron chi connectivity index (χ4n) is 1.83. The number of pyridine rings is 1. The zero-order chi connectivity index (χ0) is 10.7. The maximum Gasteiger partial charge on any atom is 0.109 e. The van der Waals surface area contributed by atoms with Gasteiger partial charge >= 0.3 is 0 Å². The molecule has 3 nitrogen and oxygen atoms in total. The van der Waals surface area contributed by atoms with Crippen molar-refractivity contribution in [1.82, 2.24) is 10.3 Å². The summed E-state index contributed by atoms with van der Waals surface area (Å²) in [7, 11) is 0. The Bertz CT molecular complexity index is 335. The topological polar surface area (TPSA) is 37.0 Å². The number of hydrogen-bond donors (Lipinski definition) is 2. The molecule has 1 aromatic heterocycles. The molecule has 1 aromatic rings. The van der Waals surface area contributed by atoms with Gasteiger partial charge in [0, 0.05) is 12.6 Å². The summed E-state index contributed by atoms with van der Waals surface area (Å²) in [4.78, 5) is 4.26. The van der Waals surface area contributed by atoms with Crippen LogP contribution in [0.1, 0.15) is 18.4 Å². The van der Waals surface area contributed by atoms with E-state index in [4.69, 9.17) is 0 Å². The highest BCUT2D eigenvalue weighted by Crippen LogP contribution is 2.17. The first kappa shape index (κ1) is 10.9. The van der Waals surface area contributed by atoms with Crippen molar-refractivity contribution in [2.75, 3.05) is 18.4 Å². The smallest absolute Gasteiger partial charge is 0.109 e. The predicted octanol–water partition coefficient (Wildman–Crippen LogP) is 2.32. The van der Waals surface area contributed by atoms with Crippen LogP contribution in [-0.2, 0) is 0 Å². The monoisotopic (exact) mass is 269 g/mol. The molecule has 2 rings (SSSR count). The number of nitrogens with zero attached hydrogens (tertiary/aromatic N) is 1. The van der Waals surface area contributed by atoms with E-state index in [1.807, 2.05) is 6.20 Å². The zero-order valence-corrected chi connectivity index (χ0v) is 10.5. The summed E-state index contributed by atoms with van der Waals surface area (Å²) in [5.41, 5.74) is 2.27. The van der Waals surface area contributed by atoms with Gasteiger partial charge in [-0.3, -0.25) is 0 Å². The molecule has 82 valence electrons. The van der Waals surface area contributed by atoms with Gasteiger partial charge < -0.3 is 10.6 Å². The standard InChI is InChI=1S/C11H16BrN3/c1-8-5-10(7-15-11(8)12)14-6-9-3-2-4-13-9/h5,7,9,13-14H,2-4,6H2,1H3. The highest BCUT2D eigenvalue weighted by molar-refractivity contribution is 9.10. The molecule has 0 spiro atoms. The number of nitrogens with one attached hydrogen (secondary N) is 2. The van der Waals surface area contributed by atoms with Crippen molar-refractivity contribution in [2.45, 2.75) is 25.8 Å². The van der Waals surface area contributed by atoms with Crippen molar-refractivity contribution in [3.8, 4) is 0 Å². The molecule has 1 saturated heterocycles. The molecule has 2 heterocycles. The van der Waals surface area contributed by atoms with Crippen LogP contribution in [0.5, 0.6) is 0 Å². The minimum absolute atomic E-state index is 0.619. The van der Waals surface area contributed by atoms with Gasteiger partial charge in [0.15, 0.2) is 0 Å². The molecule has 2 N–H and O–H groups in total. The second kappa shape index (κ2) is 4.94. The van der Waals surface area contributed by atoms with Crippen molar-refractivity contribution in [1.29, 1.82) is 0 Å². The molecule has 0 radical (unpaired) electrons. The van der Waals surface area contributed by atoms with Crippen LogP contribution in [0.4, 0.5) is 5.69 Å². The highest BCUT2D eigenvalue weighted by atomic mass is 79.9. The van der Waals surface area contributed by atoms with E-state index in [0.717, 1.165) is 23.4 Å². The lowest BCUT2D eigenvalue weighted by atomic mass is 10.2. The molecule has 4 heteroatoms. The largest absolute Gasteiger partial charge is 0.382 e. The molecule has 1 fully saturated rings. The zero-order valence-electron chi connectivity index (χ0n) is 8.89. The van der Waals surface area contributed by atoms with Gasteiger partial charge in [-0.25, -0.2) is 4.98 Å². The van der Waals surface area contributed by atoms with Crippen molar-refractivity contribution in [3.05, 3.63) is 22.4 Å². The highest BCUT2D eigenvalue weighted by Gasteiger charge is 2.13. The van der Waals surface area contributed by atoms with Crippen molar-refractivity contribution < 1.29 is 0 Å². The Morgan fingerprint density at radius 3 is 3.20 bits per heavy atom. The third kappa shape index (κ3) is 2.92. The molecule has 1 unspecified atom stereocenters. The number of aromatic nitrogens is 1. The van der Waals surface area contributed by atoms with Gasteiger partial charge in [0.25, 0.3) is 0 Å². The van der Waals surface area contributed by atoms with E-state index in [2.05, 4.69) is 44.5 Å². The van der Waals surface area contributed by atoms with Crippen LogP contribution >= 0.6 is 15.9 Å². The van der Waals surface area contributed by atoms with Gasteiger partial charge in [0.05, 0.1) is 11.9 Å². The van der Waals surface area contributed by atoms with Gasteiger partial charge in [0.1, 0.15) is 4.60 Å². The van der Waals surface area contributed by atoms with E-state index >= 15 is 0 Å². The third-order valence-corrected chi connectivity index (χ3v) is 3.56. The van der Waals surface area contributed by atoms with E-state index < -0.39 is 0 Å². The third-order valence-electron chi connectivity index (χ3n) is 2.73. The van der Waals surface area contributed by atoms with E-state index in [1.54, 1.807) is 0 Å². The van der Waals surface area contributed by atoms with E-state index in [-0.39, 0.29) is 0 Å². The summed E-state index contributed by atoms with van der Waals surface area (Å²) < 4.78 is 0.923. The lowest BCUT2D eigenvalue weighted by Gasteiger charge is -2.12. The summed E-state index contributed by atoms with van der Waals surface area (Å²) in [5, 5.41) is 6.87. The normalized spacial score (nSPS) is 20.5. The summed E-state index contributed by atoms with van der Waals surface area (Å²) in [6.07, 6.45) is 4.44. The first-order chi connectivity index (χ1) is 7.25. The molecular formula is C11H16BrN3. The van der Waals surface area contributed by atoms with Crippen LogP contribution in [0.25, 0.3) is 0 Å². The van der Waals surface area contributed by atoms with Crippen molar-refractivity contribution in [2.24, 2.45) is 0 Å². The van der Waals surface area contributed by atoms with Gasteiger partial charge in [-0.15, -0.1) is 0 Å². The maximum atomic E-state index is 4.26. The Morgan fingerprint density at radius 1 is 1.67 bits per heavy atom. The lowest BCUT2D eigenvalue weighted by molar-refractivity contribution is 0.633. The van der Waals surface area contributed by atoms with Crippen molar-refractivity contribution >= 4 is 21.6 Å². The molecule has 15 heavy (non-hydrogen) atoms. The second-order valence-corrected chi connectivity index (χ2v) is 4.76. The predicted molar refractivity (Wildman–Crippen MR) is 66.2 cm³/mol. The number of aryl methyl sites for hydroxylation is 1. The molecule has 1 atom stereocenters. The Hall–Kier alpha value is -0.610. The Kier molecular flexibility index (Phi) is 3.59. The Labute approximate surface area is 98.8 Å². The first-order valence-corrected chi connectivity index (χ1v) is 6.14. The average molecular weight is 270 g/mol. The first-order valence-electron chi connectivity index (χ1n) is 5.35. The van der Waals surface area contributed by atoms with Crippen LogP contribution in [0, 0.1) is 6.92 Å². The summed E-state index contributed by atoms with van der Waals surface area (Å²) >= 11 is 3.40. The molecule has 0 saturated carbocycles. The number of rotatable bonds is 3. The van der Waals surface area contributed by atoms with Crippen molar-refractivity contribution in [3.63, 3.8) is 0 Å². The minimum atomic E-state index is 0.619. The second-order valence-electron chi connectivity index (χ2n) is 4.01. The number of hydrogen-bond acceptors (Lipinski definition) is 3. The molecule has 0 bridgehead atoms. The van der Waals surface area contributed by atoms with E-state index in [1.165, 1.54) is 18.4 Å². The number of anilines is 1. The SMILES string of the molecule is Cc1cc(NCC2CCCN2)cnc1Br. The van der Waals surface area contributed by atoms with E-state index in [9.17, 15) is 0 Å². The fourth-order valence-corrected chi connectivity index (χ4v) is 2.04. The molecule has 1 aliphatic rings. The van der Waals surface area contributed by atoms with Crippen LogP contribution in [-0.4, -0.2) is 24.1 Å². The molecular weight excluding hydrogens is 254 g/mol. The van der Waals surface area contributed by atoms with Crippen LogP contribution < -0.4 is 10.6 Å². The summed E-state index contributed by atoms with van der Waals surface area (Å²) in [6.45, 7) is 4.20. The van der Waals surface area contributed by atoms with Crippen LogP contribution in [0.15, 0.2) is 16.9 Å². The molecule has 0 aliphatic carbocycles. The molecule has 0 aromatic carbocycles. The minimum Gasteiger partial charge on any atom is -0.382 e. The maximum absolute atomic E-state index is 4.26. The van der Waals surface area contributed by atoms with Crippen LogP contribution in [0.3, 0.4) is 0 Å². The Morgan fingerprint density at radius 2 is 2.53 bits per heavy atom. The summed E-state index contributed by atoms with van der Waals surface area (Å²) in [6, 6.07) is 2.74. The molecule has 1 aliphatic heterocycles. The summed E-state index contributed by atoms with van der Waals surface area (Å²) in [5.74, 6) is 0.